The van der Waals surface area contributed by atoms with E-state index in [2.05, 4.69) is 15.5 Å². The molecule has 0 unspecified atom stereocenters. The number of rotatable bonds is 4. The van der Waals surface area contributed by atoms with Crippen molar-refractivity contribution in [2.75, 3.05) is 0 Å². The van der Waals surface area contributed by atoms with Crippen molar-refractivity contribution in [1.82, 2.24) is 15.5 Å². The largest absolute Gasteiger partial charge is 0.494 e. The van der Waals surface area contributed by atoms with Gasteiger partial charge in [-0.3, -0.25) is 4.79 Å². The van der Waals surface area contributed by atoms with E-state index in [9.17, 15) is 4.79 Å². The molecule has 160 valence electrons. The van der Waals surface area contributed by atoms with Crippen molar-refractivity contribution in [2.45, 2.75) is 83.5 Å². The molecule has 1 aliphatic carbocycles. The van der Waals surface area contributed by atoms with Gasteiger partial charge in [0.25, 0.3) is 0 Å². The molecule has 2 fully saturated rings. The van der Waals surface area contributed by atoms with Gasteiger partial charge in [-0.25, -0.2) is 0 Å². The minimum absolute atomic E-state index is 0.0000357. The lowest BCUT2D eigenvalue weighted by atomic mass is 9.78. The summed E-state index contributed by atoms with van der Waals surface area (Å²) in [6, 6.07) is 8.08. The summed E-state index contributed by atoms with van der Waals surface area (Å²) in [6.07, 6.45) is 1.74. The molecule has 8 heteroatoms. The Morgan fingerprint density at radius 3 is 2.03 bits per heavy atom. The number of carbonyl (C=O) groups is 1. The van der Waals surface area contributed by atoms with Crippen LogP contribution < -0.4 is 10.8 Å². The third-order valence-electron chi connectivity index (χ3n) is 6.35. The minimum Gasteiger partial charge on any atom is -0.416 e. The fourth-order valence-corrected chi connectivity index (χ4v) is 3.44. The Kier molecular flexibility index (Phi) is 4.67. The molecule has 0 bridgehead atoms. The molecule has 2 heterocycles. The molecule has 0 spiro atoms. The number of benzene rings is 1. The monoisotopic (exact) mass is 411 g/mol. The highest BCUT2D eigenvalue weighted by atomic mass is 16.7. The maximum atomic E-state index is 12.7. The Bertz CT molecular complexity index is 940. The summed E-state index contributed by atoms with van der Waals surface area (Å²) in [5, 5.41) is 11.0. The zero-order chi connectivity index (χ0) is 21.9. The van der Waals surface area contributed by atoms with E-state index in [0.29, 0.717) is 5.89 Å². The zero-order valence-corrected chi connectivity index (χ0v) is 18.8. The SMILES string of the molecule is CC(C)(C)c1nnc(C(=O)NC2(c3ccc(B4OC(C)(C)C(C)(C)O4)cc3)CC2)o1. The summed E-state index contributed by atoms with van der Waals surface area (Å²) in [6.45, 7) is 14.1. The summed E-state index contributed by atoms with van der Waals surface area (Å²) >= 11 is 0. The molecule has 2 aliphatic rings. The van der Waals surface area contributed by atoms with Crippen LogP contribution in [0.4, 0.5) is 0 Å². The lowest BCUT2D eigenvalue weighted by Gasteiger charge is -2.32. The van der Waals surface area contributed by atoms with Crippen LogP contribution in [0, 0.1) is 0 Å². The first kappa shape index (κ1) is 21.1. The number of aromatic nitrogens is 2. The van der Waals surface area contributed by atoms with Gasteiger partial charge < -0.3 is 19.0 Å². The number of hydrogen-bond donors (Lipinski definition) is 1. The predicted octanol–water partition coefficient (Wildman–Crippen LogP) is 3.09. The first-order valence-corrected chi connectivity index (χ1v) is 10.5. The first-order valence-electron chi connectivity index (χ1n) is 10.5. The molecule has 1 saturated carbocycles. The molecule has 1 N–H and O–H groups in total. The quantitative estimate of drug-likeness (QED) is 0.779. The highest BCUT2D eigenvalue weighted by Gasteiger charge is 2.52. The van der Waals surface area contributed by atoms with Gasteiger partial charge in [0.1, 0.15) is 0 Å². The highest BCUT2D eigenvalue weighted by molar-refractivity contribution is 6.62. The predicted molar refractivity (Wildman–Crippen MR) is 114 cm³/mol. The van der Waals surface area contributed by atoms with Crippen molar-refractivity contribution >= 4 is 18.5 Å². The normalized spacial score (nSPS) is 21.5. The molecule has 2 aromatic rings. The van der Waals surface area contributed by atoms with Crippen LogP contribution >= 0.6 is 0 Å². The van der Waals surface area contributed by atoms with Gasteiger partial charge in [-0.1, -0.05) is 45.0 Å². The molecule has 1 aliphatic heterocycles. The summed E-state index contributed by atoms with van der Waals surface area (Å²) in [5.41, 5.74) is 0.572. The zero-order valence-electron chi connectivity index (χ0n) is 18.8. The second-order valence-corrected chi connectivity index (χ2v) is 10.4. The van der Waals surface area contributed by atoms with E-state index >= 15 is 0 Å². The van der Waals surface area contributed by atoms with Crippen LogP contribution in [0.5, 0.6) is 0 Å². The fraction of sp³-hybridized carbons (Fsp3) is 0.591. The molecule has 1 aromatic carbocycles. The standard InChI is InChI=1S/C22H30BN3O4/c1-19(2,3)18-26-25-17(28-18)16(27)24-22(12-13-22)14-8-10-15(11-9-14)23-29-20(4,5)21(6,7)30-23/h8-11H,12-13H2,1-7H3,(H,24,27). The smallest absolute Gasteiger partial charge is 0.416 e. The van der Waals surface area contributed by atoms with Gasteiger partial charge in [0.2, 0.25) is 5.89 Å². The van der Waals surface area contributed by atoms with Crippen LogP contribution in [0.2, 0.25) is 0 Å². The van der Waals surface area contributed by atoms with Crippen LogP contribution in [-0.4, -0.2) is 34.4 Å². The first-order chi connectivity index (χ1) is 13.8. The molecular formula is C22H30BN3O4. The minimum atomic E-state index is -0.400. The van der Waals surface area contributed by atoms with E-state index < -0.39 is 7.12 Å². The van der Waals surface area contributed by atoms with Crippen molar-refractivity contribution < 1.29 is 18.5 Å². The Balaban J connectivity index is 1.47. The third-order valence-corrected chi connectivity index (χ3v) is 6.35. The number of nitrogens with one attached hydrogen (secondary N) is 1. The summed E-state index contributed by atoms with van der Waals surface area (Å²) in [5.74, 6) is 0.106. The number of hydrogen-bond acceptors (Lipinski definition) is 6. The molecule has 4 rings (SSSR count). The van der Waals surface area contributed by atoms with E-state index in [1.54, 1.807) is 0 Å². The van der Waals surface area contributed by atoms with Gasteiger partial charge in [-0.2, -0.15) is 0 Å². The van der Waals surface area contributed by atoms with E-state index in [1.165, 1.54) is 0 Å². The van der Waals surface area contributed by atoms with E-state index in [4.69, 9.17) is 13.7 Å². The van der Waals surface area contributed by atoms with Crippen molar-refractivity contribution in [2.24, 2.45) is 0 Å². The van der Waals surface area contributed by atoms with Gasteiger partial charge in [0.05, 0.1) is 16.7 Å². The second-order valence-electron chi connectivity index (χ2n) is 10.4. The van der Waals surface area contributed by atoms with Crippen LogP contribution in [0.25, 0.3) is 0 Å². The number of nitrogens with zero attached hydrogens (tertiary/aromatic N) is 2. The fourth-order valence-electron chi connectivity index (χ4n) is 3.44. The molecule has 30 heavy (non-hydrogen) atoms. The summed E-state index contributed by atoms with van der Waals surface area (Å²) in [7, 11) is -0.400. The van der Waals surface area contributed by atoms with Crippen molar-refractivity contribution in [3.63, 3.8) is 0 Å². The van der Waals surface area contributed by atoms with Gasteiger partial charge >= 0.3 is 18.9 Å². The van der Waals surface area contributed by atoms with E-state index in [1.807, 2.05) is 72.7 Å². The second kappa shape index (κ2) is 6.66. The van der Waals surface area contributed by atoms with Crippen LogP contribution in [-0.2, 0) is 20.3 Å². The van der Waals surface area contributed by atoms with Crippen LogP contribution in [0.3, 0.4) is 0 Å². The van der Waals surface area contributed by atoms with E-state index in [0.717, 1.165) is 23.9 Å². The van der Waals surface area contributed by atoms with Gasteiger partial charge in [0.15, 0.2) is 0 Å². The van der Waals surface area contributed by atoms with E-state index in [-0.39, 0.29) is 34.0 Å². The number of carbonyl (C=O) groups excluding carboxylic acids is 1. The lowest BCUT2D eigenvalue weighted by molar-refractivity contribution is 0.00578. The van der Waals surface area contributed by atoms with Crippen LogP contribution in [0.15, 0.2) is 28.7 Å². The van der Waals surface area contributed by atoms with Gasteiger partial charge in [-0.05, 0) is 51.6 Å². The molecule has 1 amide bonds. The molecule has 1 saturated heterocycles. The summed E-state index contributed by atoms with van der Waals surface area (Å²) in [4.78, 5) is 12.7. The average molecular weight is 411 g/mol. The van der Waals surface area contributed by atoms with Crippen molar-refractivity contribution in [1.29, 1.82) is 0 Å². The lowest BCUT2D eigenvalue weighted by Crippen LogP contribution is -2.41. The van der Waals surface area contributed by atoms with Gasteiger partial charge in [0, 0.05) is 5.41 Å². The molecule has 0 atom stereocenters. The maximum Gasteiger partial charge on any atom is 0.494 e. The third kappa shape index (κ3) is 3.67. The average Bonchev–Trinajstić information content (AvgIpc) is 3.15. The molecule has 0 radical (unpaired) electrons. The molecule has 7 nitrogen and oxygen atoms in total. The molecule has 1 aromatic heterocycles. The van der Waals surface area contributed by atoms with Gasteiger partial charge in [-0.15, -0.1) is 10.2 Å². The van der Waals surface area contributed by atoms with Crippen LogP contribution in [0.1, 0.15) is 83.4 Å². The Morgan fingerprint density at radius 1 is 1.00 bits per heavy atom. The van der Waals surface area contributed by atoms with Crippen molar-refractivity contribution in [3.8, 4) is 0 Å². The van der Waals surface area contributed by atoms with Crippen molar-refractivity contribution in [3.05, 3.63) is 41.6 Å². The maximum absolute atomic E-state index is 12.7. The molecular weight excluding hydrogens is 381 g/mol. The Morgan fingerprint density at radius 2 is 1.57 bits per heavy atom. The topological polar surface area (TPSA) is 86.5 Å². The number of amides is 1. The highest BCUT2D eigenvalue weighted by Crippen LogP contribution is 2.45. The Hall–Kier alpha value is -2.19. The Labute approximate surface area is 178 Å². The summed E-state index contributed by atoms with van der Waals surface area (Å²) < 4.78 is 17.8.